The quantitative estimate of drug-likeness (QED) is 0.806. The van der Waals surface area contributed by atoms with Crippen molar-refractivity contribution in [3.63, 3.8) is 0 Å². The van der Waals surface area contributed by atoms with Crippen molar-refractivity contribution in [2.75, 3.05) is 0 Å². The number of aryl methyl sites for hydroxylation is 1. The maximum absolute atomic E-state index is 4.40. The van der Waals surface area contributed by atoms with Crippen LogP contribution < -0.4 is 5.32 Å². The molecule has 5 heteroatoms. The Morgan fingerprint density at radius 3 is 2.85 bits per heavy atom. The molecule has 0 bridgehead atoms. The van der Waals surface area contributed by atoms with Gasteiger partial charge >= 0.3 is 0 Å². The predicted octanol–water partition coefficient (Wildman–Crippen LogP) is 2.75. The summed E-state index contributed by atoms with van der Waals surface area (Å²) >= 11 is 0. The van der Waals surface area contributed by atoms with Gasteiger partial charge in [-0.15, -0.1) is 0 Å². The Hall–Kier alpha value is -1.62. The van der Waals surface area contributed by atoms with Gasteiger partial charge in [0.05, 0.1) is 11.9 Å². The van der Waals surface area contributed by atoms with E-state index >= 15 is 0 Å². The van der Waals surface area contributed by atoms with Gasteiger partial charge in [0, 0.05) is 43.6 Å². The molecule has 0 radical (unpaired) electrons. The van der Waals surface area contributed by atoms with Gasteiger partial charge in [-0.3, -0.25) is 9.36 Å². The third kappa shape index (κ3) is 3.70. The molecule has 1 atom stereocenters. The fourth-order valence-electron chi connectivity index (χ4n) is 2.24. The summed E-state index contributed by atoms with van der Waals surface area (Å²) in [5, 5.41) is 12.2. The normalized spacial score (nSPS) is 12.8. The molecule has 2 aromatic rings. The molecule has 20 heavy (non-hydrogen) atoms. The highest BCUT2D eigenvalue weighted by atomic mass is 15.3. The predicted molar refractivity (Wildman–Crippen MR) is 80.3 cm³/mol. The van der Waals surface area contributed by atoms with Gasteiger partial charge in [-0.1, -0.05) is 13.8 Å². The van der Waals surface area contributed by atoms with Gasteiger partial charge in [0.1, 0.15) is 0 Å². The van der Waals surface area contributed by atoms with Gasteiger partial charge in [-0.05, 0) is 25.8 Å². The molecule has 110 valence electrons. The second-order valence-corrected chi connectivity index (χ2v) is 5.24. The lowest BCUT2D eigenvalue weighted by molar-refractivity contribution is 0.451. The van der Waals surface area contributed by atoms with Gasteiger partial charge < -0.3 is 5.32 Å². The van der Waals surface area contributed by atoms with Crippen molar-refractivity contribution in [1.29, 1.82) is 0 Å². The van der Waals surface area contributed by atoms with Crippen LogP contribution in [0.1, 0.15) is 50.9 Å². The Bertz CT molecular complexity index is 514. The van der Waals surface area contributed by atoms with E-state index in [1.165, 1.54) is 11.3 Å². The van der Waals surface area contributed by atoms with E-state index in [2.05, 4.69) is 53.2 Å². The van der Waals surface area contributed by atoms with Crippen LogP contribution in [-0.2, 0) is 19.6 Å². The summed E-state index contributed by atoms with van der Waals surface area (Å²) in [6, 6.07) is 2.54. The highest BCUT2D eigenvalue weighted by Gasteiger charge is 2.07. The first-order chi connectivity index (χ1) is 9.74. The molecule has 0 amide bonds. The van der Waals surface area contributed by atoms with Crippen LogP contribution in [0, 0.1) is 0 Å². The van der Waals surface area contributed by atoms with E-state index in [0.717, 1.165) is 32.5 Å². The van der Waals surface area contributed by atoms with E-state index in [1.54, 1.807) is 0 Å². The minimum atomic E-state index is 0.453. The van der Waals surface area contributed by atoms with Crippen LogP contribution in [-0.4, -0.2) is 19.6 Å². The minimum Gasteiger partial charge on any atom is -0.307 e. The van der Waals surface area contributed by atoms with Gasteiger partial charge in [0.25, 0.3) is 0 Å². The first-order valence-corrected chi connectivity index (χ1v) is 7.49. The number of aromatic nitrogens is 4. The van der Waals surface area contributed by atoms with E-state index in [1.807, 2.05) is 17.1 Å². The molecule has 5 nitrogen and oxygen atoms in total. The van der Waals surface area contributed by atoms with E-state index in [4.69, 9.17) is 0 Å². The molecule has 0 saturated carbocycles. The molecule has 0 aromatic carbocycles. The van der Waals surface area contributed by atoms with Crippen LogP contribution in [0.5, 0.6) is 0 Å². The monoisotopic (exact) mass is 275 g/mol. The Balaban J connectivity index is 1.84. The second kappa shape index (κ2) is 7.24. The maximum atomic E-state index is 4.40. The van der Waals surface area contributed by atoms with E-state index < -0.39 is 0 Å². The number of nitrogens with one attached hydrogen (secondary N) is 1. The average molecular weight is 275 g/mol. The summed E-state index contributed by atoms with van der Waals surface area (Å²) in [7, 11) is 0. The summed E-state index contributed by atoms with van der Waals surface area (Å²) in [4.78, 5) is 0. The number of hydrogen-bond acceptors (Lipinski definition) is 3. The highest BCUT2D eigenvalue weighted by molar-refractivity contribution is 5.05. The van der Waals surface area contributed by atoms with Gasteiger partial charge in [-0.2, -0.15) is 10.2 Å². The summed E-state index contributed by atoms with van der Waals surface area (Å²) in [5.74, 6) is 0. The fraction of sp³-hybridized carbons (Fsp3) is 0.600. The largest absolute Gasteiger partial charge is 0.307 e. The summed E-state index contributed by atoms with van der Waals surface area (Å²) in [6.07, 6.45) is 8.14. The topological polar surface area (TPSA) is 47.7 Å². The maximum Gasteiger partial charge on any atom is 0.0534 e. The van der Waals surface area contributed by atoms with E-state index in [9.17, 15) is 0 Å². The van der Waals surface area contributed by atoms with Crippen LogP contribution in [0.4, 0.5) is 0 Å². The van der Waals surface area contributed by atoms with Crippen LogP contribution in [0.3, 0.4) is 0 Å². The first-order valence-electron chi connectivity index (χ1n) is 7.49. The average Bonchev–Trinajstić information content (AvgIpc) is 3.08. The second-order valence-electron chi connectivity index (χ2n) is 5.24. The molecule has 2 aromatic heterocycles. The lowest BCUT2D eigenvalue weighted by Crippen LogP contribution is -2.18. The Morgan fingerprint density at radius 2 is 2.10 bits per heavy atom. The fourth-order valence-corrected chi connectivity index (χ4v) is 2.24. The number of rotatable bonds is 8. The van der Waals surface area contributed by atoms with Crippen LogP contribution in [0.25, 0.3) is 0 Å². The standard InChI is InChI=1S/C15H25N5/c1-4-8-19-12-14(10-18-19)9-16-11-15-6-7-17-20(15)13(3)5-2/h6-7,10,12-13,16H,4-5,8-9,11H2,1-3H3/t13-/m0/s1. The zero-order valence-corrected chi connectivity index (χ0v) is 12.7. The highest BCUT2D eigenvalue weighted by Crippen LogP contribution is 2.12. The van der Waals surface area contributed by atoms with Crippen molar-refractivity contribution in [2.24, 2.45) is 0 Å². The molecular weight excluding hydrogens is 250 g/mol. The molecule has 2 heterocycles. The number of nitrogens with zero attached hydrogens (tertiary/aromatic N) is 4. The zero-order valence-electron chi connectivity index (χ0n) is 12.7. The first kappa shape index (κ1) is 14.8. The van der Waals surface area contributed by atoms with Crippen molar-refractivity contribution in [2.45, 2.75) is 59.3 Å². The molecule has 2 rings (SSSR count). The molecule has 0 fully saturated rings. The third-order valence-electron chi connectivity index (χ3n) is 3.54. The third-order valence-corrected chi connectivity index (χ3v) is 3.54. The zero-order chi connectivity index (χ0) is 14.4. The molecule has 0 saturated heterocycles. The van der Waals surface area contributed by atoms with Crippen LogP contribution in [0.2, 0.25) is 0 Å². The Kier molecular flexibility index (Phi) is 5.35. The molecule has 0 aliphatic heterocycles. The van der Waals surface area contributed by atoms with E-state index in [0.29, 0.717) is 6.04 Å². The van der Waals surface area contributed by atoms with Crippen molar-refractivity contribution < 1.29 is 0 Å². The summed E-state index contributed by atoms with van der Waals surface area (Å²) < 4.78 is 4.11. The van der Waals surface area contributed by atoms with Gasteiger partial charge in [0.15, 0.2) is 0 Å². The van der Waals surface area contributed by atoms with E-state index in [-0.39, 0.29) is 0 Å². The van der Waals surface area contributed by atoms with Gasteiger partial charge in [0.2, 0.25) is 0 Å². The molecule has 0 unspecified atom stereocenters. The van der Waals surface area contributed by atoms with Crippen LogP contribution >= 0.6 is 0 Å². The van der Waals surface area contributed by atoms with Crippen molar-refractivity contribution in [3.8, 4) is 0 Å². The van der Waals surface area contributed by atoms with Crippen molar-refractivity contribution >= 4 is 0 Å². The molecule has 1 N–H and O–H groups in total. The smallest absolute Gasteiger partial charge is 0.0534 e. The molecular formula is C15H25N5. The summed E-state index contributed by atoms with van der Waals surface area (Å²) in [6.45, 7) is 9.21. The number of hydrogen-bond donors (Lipinski definition) is 1. The molecule has 0 spiro atoms. The Morgan fingerprint density at radius 1 is 1.25 bits per heavy atom. The lowest BCUT2D eigenvalue weighted by Gasteiger charge is -2.13. The molecule has 0 aliphatic rings. The van der Waals surface area contributed by atoms with Gasteiger partial charge in [-0.25, -0.2) is 0 Å². The SMILES string of the molecule is CCCn1cc(CNCc2ccnn2[C@@H](C)CC)cn1. The van der Waals surface area contributed by atoms with Crippen LogP contribution in [0.15, 0.2) is 24.7 Å². The molecule has 0 aliphatic carbocycles. The lowest BCUT2D eigenvalue weighted by atomic mass is 10.2. The Labute approximate surface area is 121 Å². The minimum absolute atomic E-state index is 0.453. The van der Waals surface area contributed by atoms with Crippen molar-refractivity contribution in [3.05, 3.63) is 35.9 Å². The summed E-state index contributed by atoms with van der Waals surface area (Å²) in [5.41, 5.74) is 2.47. The van der Waals surface area contributed by atoms with Crippen molar-refractivity contribution in [1.82, 2.24) is 24.9 Å².